The van der Waals surface area contributed by atoms with Gasteiger partial charge in [0.25, 0.3) is 5.91 Å². The third-order valence-electron chi connectivity index (χ3n) is 5.89. The van der Waals surface area contributed by atoms with E-state index in [0.29, 0.717) is 12.3 Å². The topological polar surface area (TPSA) is 71.3 Å². The molecule has 0 spiro atoms. The first kappa shape index (κ1) is 19.9. The van der Waals surface area contributed by atoms with Gasteiger partial charge in [0, 0.05) is 18.3 Å². The van der Waals surface area contributed by atoms with Crippen LogP contribution < -0.4 is 5.32 Å². The molecule has 158 valence electrons. The maximum atomic E-state index is 13.2. The average molecular weight is 433 g/mol. The summed E-state index contributed by atoms with van der Waals surface area (Å²) in [5, 5.41) is 4.07. The Kier molecular flexibility index (Phi) is 5.29. The number of aromatic nitrogens is 2. The van der Waals surface area contributed by atoms with Crippen molar-refractivity contribution in [3.05, 3.63) is 71.3 Å². The van der Waals surface area contributed by atoms with E-state index in [1.807, 2.05) is 55.4 Å². The second kappa shape index (κ2) is 8.24. The Morgan fingerprint density at radius 3 is 2.87 bits per heavy atom. The first-order chi connectivity index (χ1) is 15.2. The van der Waals surface area contributed by atoms with Crippen LogP contribution >= 0.6 is 11.3 Å². The smallest absolute Gasteiger partial charge is 0.290 e. The van der Waals surface area contributed by atoms with E-state index in [1.165, 1.54) is 0 Å². The van der Waals surface area contributed by atoms with Crippen LogP contribution in [0.5, 0.6) is 0 Å². The third kappa shape index (κ3) is 3.64. The van der Waals surface area contributed by atoms with Crippen molar-refractivity contribution >= 4 is 27.6 Å². The molecule has 0 radical (unpaired) electrons. The summed E-state index contributed by atoms with van der Waals surface area (Å²) in [4.78, 5) is 25.5. The minimum Gasteiger partial charge on any atom is -0.454 e. The summed E-state index contributed by atoms with van der Waals surface area (Å²) >= 11 is 1.58. The molecule has 1 aliphatic heterocycles. The van der Waals surface area contributed by atoms with Gasteiger partial charge in [-0.1, -0.05) is 41.7 Å². The van der Waals surface area contributed by atoms with E-state index in [4.69, 9.17) is 9.40 Å². The predicted molar refractivity (Wildman–Crippen MR) is 122 cm³/mol. The summed E-state index contributed by atoms with van der Waals surface area (Å²) < 4.78 is 5.85. The minimum absolute atomic E-state index is 0.0504. The molecule has 4 aromatic rings. The van der Waals surface area contributed by atoms with E-state index < -0.39 is 0 Å². The molecule has 1 N–H and O–H groups in total. The molecule has 0 aliphatic carbocycles. The summed E-state index contributed by atoms with van der Waals surface area (Å²) in [5.41, 5.74) is 3.09. The molecule has 1 aliphatic rings. The summed E-state index contributed by atoms with van der Waals surface area (Å²) in [6, 6.07) is 15.9. The molecule has 7 heteroatoms. The van der Waals surface area contributed by atoms with Gasteiger partial charge in [0.2, 0.25) is 0 Å². The molecule has 2 unspecified atom stereocenters. The Morgan fingerprint density at radius 1 is 1.23 bits per heavy atom. The Bertz CT molecular complexity index is 1220. The highest BCUT2D eigenvalue weighted by Gasteiger charge is 2.34. The van der Waals surface area contributed by atoms with Crippen molar-refractivity contribution in [1.29, 1.82) is 0 Å². The van der Waals surface area contributed by atoms with Crippen LogP contribution in [0.15, 0.2) is 59.1 Å². The number of carbonyl (C=O) groups is 1. The lowest BCUT2D eigenvalue weighted by Crippen LogP contribution is -2.30. The number of likely N-dealkylation sites (tertiary alicyclic amines) is 1. The van der Waals surface area contributed by atoms with Crippen molar-refractivity contribution < 1.29 is 9.21 Å². The van der Waals surface area contributed by atoms with Crippen molar-refractivity contribution in [2.45, 2.75) is 31.8 Å². The molecule has 6 nitrogen and oxygen atoms in total. The maximum Gasteiger partial charge on any atom is 0.290 e. The first-order valence-electron chi connectivity index (χ1n) is 10.5. The monoisotopic (exact) mass is 432 g/mol. The molecule has 1 aromatic carbocycles. The van der Waals surface area contributed by atoms with Gasteiger partial charge in [-0.15, -0.1) is 0 Å². The van der Waals surface area contributed by atoms with Crippen LogP contribution in [0.25, 0.3) is 21.5 Å². The zero-order valence-corrected chi connectivity index (χ0v) is 18.4. The summed E-state index contributed by atoms with van der Waals surface area (Å²) in [5.74, 6) is 1.07. The van der Waals surface area contributed by atoms with E-state index in [9.17, 15) is 4.79 Å². The van der Waals surface area contributed by atoms with Crippen LogP contribution in [0.2, 0.25) is 0 Å². The lowest BCUT2D eigenvalue weighted by Gasteiger charge is -2.22. The summed E-state index contributed by atoms with van der Waals surface area (Å²) in [7, 11) is 1.87. The number of carbonyl (C=O) groups excluding carboxylic acids is 1. The van der Waals surface area contributed by atoms with Gasteiger partial charge < -0.3 is 14.6 Å². The zero-order valence-electron chi connectivity index (χ0n) is 17.5. The molecular formula is C24H24N4O2S. The number of fused-ring (bicyclic) bond motifs is 1. The Balaban J connectivity index is 1.47. The van der Waals surface area contributed by atoms with E-state index in [1.54, 1.807) is 17.4 Å². The van der Waals surface area contributed by atoms with Gasteiger partial charge in [0.05, 0.1) is 12.1 Å². The average Bonchev–Trinajstić information content (AvgIpc) is 3.57. The number of hydrogen-bond donors (Lipinski definition) is 1. The highest BCUT2D eigenvalue weighted by molar-refractivity contribution is 7.18. The normalized spacial score (nSPS) is 17.4. The molecule has 3 aromatic heterocycles. The van der Waals surface area contributed by atoms with E-state index in [-0.39, 0.29) is 18.0 Å². The van der Waals surface area contributed by atoms with E-state index >= 15 is 0 Å². The molecule has 5 rings (SSSR count). The van der Waals surface area contributed by atoms with E-state index in [0.717, 1.165) is 45.1 Å². The maximum absolute atomic E-state index is 13.2. The number of hydrogen-bond acceptors (Lipinski definition) is 6. The standard InChI is InChI=1S/C24H24N4O2S/c1-15(25-2)19-10-11-20(30-19)24(29)28-14-6-9-18(28)22-27-21-17(12-13-26-23(21)31-22)16-7-4-3-5-8-16/h3-5,7-8,10-13,15,18,25H,6,9,14H2,1-2H3. The number of benzene rings is 1. The highest BCUT2D eigenvalue weighted by Crippen LogP contribution is 2.39. The van der Waals surface area contributed by atoms with Crippen LogP contribution in [-0.4, -0.2) is 34.4 Å². The highest BCUT2D eigenvalue weighted by atomic mass is 32.1. The second-order valence-electron chi connectivity index (χ2n) is 7.80. The Labute approximate surface area is 184 Å². The van der Waals surface area contributed by atoms with Crippen molar-refractivity contribution in [2.75, 3.05) is 13.6 Å². The molecule has 0 saturated carbocycles. The predicted octanol–water partition coefficient (Wildman–Crippen LogP) is 5.21. The van der Waals surface area contributed by atoms with E-state index in [2.05, 4.69) is 22.4 Å². The Morgan fingerprint density at radius 2 is 2.06 bits per heavy atom. The van der Waals surface area contributed by atoms with Crippen LogP contribution in [0.1, 0.15) is 53.2 Å². The van der Waals surface area contributed by atoms with Crippen molar-refractivity contribution in [3.8, 4) is 11.1 Å². The fraction of sp³-hybridized carbons (Fsp3) is 0.292. The summed E-state index contributed by atoms with van der Waals surface area (Å²) in [6.45, 7) is 2.71. The van der Waals surface area contributed by atoms with Crippen LogP contribution in [0.3, 0.4) is 0 Å². The SMILES string of the molecule is CNC(C)c1ccc(C(=O)N2CCCC2c2nc3c(-c4ccccc4)ccnc3s2)o1. The number of rotatable bonds is 5. The van der Waals surface area contributed by atoms with Crippen molar-refractivity contribution in [2.24, 2.45) is 0 Å². The Hall–Kier alpha value is -3.03. The first-order valence-corrected chi connectivity index (χ1v) is 11.4. The van der Waals surface area contributed by atoms with Crippen molar-refractivity contribution in [1.82, 2.24) is 20.2 Å². The fourth-order valence-electron chi connectivity index (χ4n) is 4.09. The van der Waals surface area contributed by atoms with Gasteiger partial charge in [-0.25, -0.2) is 9.97 Å². The number of nitrogens with one attached hydrogen (secondary N) is 1. The van der Waals surface area contributed by atoms with Crippen molar-refractivity contribution in [3.63, 3.8) is 0 Å². The number of amides is 1. The number of nitrogens with zero attached hydrogens (tertiary/aromatic N) is 3. The van der Waals surface area contributed by atoms with Gasteiger partial charge in [0.15, 0.2) is 5.76 Å². The zero-order chi connectivity index (χ0) is 21.4. The van der Waals surface area contributed by atoms with Crippen LogP contribution in [-0.2, 0) is 0 Å². The molecule has 2 atom stereocenters. The van der Waals surface area contributed by atoms with Gasteiger partial charge in [-0.2, -0.15) is 0 Å². The summed E-state index contributed by atoms with van der Waals surface area (Å²) in [6.07, 6.45) is 3.68. The minimum atomic E-state index is -0.0763. The third-order valence-corrected chi connectivity index (χ3v) is 6.96. The quantitative estimate of drug-likeness (QED) is 0.469. The van der Waals surface area contributed by atoms with Gasteiger partial charge in [-0.3, -0.25) is 4.79 Å². The van der Waals surface area contributed by atoms with Gasteiger partial charge >= 0.3 is 0 Å². The second-order valence-corrected chi connectivity index (χ2v) is 8.81. The molecule has 1 fully saturated rings. The lowest BCUT2D eigenvalue weighted by atomic mass is 10.1. The number of pyridine rings is 1. The molecule has 0 bridgehead atoms. The molecule has 4 heterocycles. The van der Waals surface area contributed by atoms with Crippen LogP contribution in [0, 0.1) is 0 Å². The number of furan rings is 1. The lowest BCUT2D eigenvalue weighted by molar-refractivity contribution is 0.0700. The van der Waals surface area contributed by atoms with Gasteiger partial charge in [0.1, 0.15) is 21.1 Å². The van der Waals surface area contributed by atoms with Gasteiger partial charge in [-0.05, 0) is 50.6 Å². The van der Waals surface area contributed by atoms with Crippen LogP contribution in [0.4, 0.5) is 0 Å². The molecular weight excluding hydrogens is 408 g/mol. The molecule has 1 amide bonds. The molecule has 31 heavy (non-hydrogen) atoms. The molecule has 1 saturated heterocycles. The fourth-order valence-corrected chi connectivity index (χ4v) is 5.18. The number of thiazole rings is 1. The largest absolute Gasteiger partial charge is 0.454 e.